The summed E-state index contributed by atoms with van der Waals surface area (Å²) in [7, 11) is 0. The second-order valence-electron chi connectivity index (χ2n) is 6.35. The van der Waals surface area contributed by atoms with E-state index in [1.165, 1.54) is 6.07 Å². The number of hydrogen-bond donors (Lipinski definition) is 0. The van der Waals surface area contributed by atoms with E-state index in [2.05, 4.69) is 34.8 Å². The Morgan fingerprint density at radius 2 is 2.00 bits per heavy atom. The van der Waals surface area contributed by atoms with Crippen LogP contribution in [0.5, 0.6) is 0 Å². The summed E-state index contributed by atoms with van der Waals surface area (Å²) in [4.78, 5) is 4.38. The minimum atomic E-state index is -0.539. The van der Waals surface area contributed by atoms with Gasteiger partial charge < -0.3 is 4.74 Å². The summed E-state index contributed by atoms with van der Waals surface area (Å²) in [6, 6.07) is 10.8. The minimum Gasteiger partial charge on any atom is -0.476 e. The third kappa shape index (κ3) is 4.69. The molecule has 1 unspecified atom stereocenters. The number of pyridine rings is 1. The molecule has 0 saturated heterocycles. The fourth-order valence-corrected chi connectivity index (χ4v) is 3.61. The molecule has 0 amide bonds. The quantitative estimate of drug-likeness (QED) is 0.484. The standard InChI is InChI=1S/C21H25BrFNO/c1-5-12-21(4,18-11-10-17(23)14-16(18)6-2)25-20(22)15(3)19-9-7-8-13-24-19/h7-11,13-14H,5-6,12H2,1-4H3. The van der Waals surface area contributed by atoms with Crippen molar-refractivity contribution < 1.29 is 9.13 Å². The highest BCUT2D eigenvalue weighted by Crippen LogP contribution is 2.38. The lowest BCUT2D eigenvalue weighted by molar-refractivity contribution is 0.0217. The topological polar surface area (TPSA) is 22.1 Å². The number of benzene rings is 1. The van der Waals surface area contributed by atoms with Gasteiger partial charge in [0.05, 0.1) is 5.69 Å². The van der Waals surface area contributed by atoms with Crippen LogP contribution in [0.3, 0.4) is 0 Å². The molecule has 0 saturated carbocycles. The summed E-state index contributed by atoms with van der Waals surface area (Å²) in [5.41, 5.74) is 3.27. The molecule has 4 heteroatoms. The Morgan fingerprint density at radius 1 is 1.24 bits per heavy atom. The van der Waals surface area contributed by atoms with Crippen LogP contribution in [0.4, 0.5) is 4.39 Å². The SMILES string of the molecule is CCCC(C)(OC(Br)=C(C)c1ccccn1)c1ccc(F)cc1CC. The van der Waals surface area contributed by atoms with Crippen molar-refractivity contribution in [2.24, 2.45) is 0 Å². The van der Waals surface area contributed by atoms with Crippen LogP contribution in [0.15, 0.2) is 47.3 Å². The van der Waals surface area contributed by atoms with Crippen molar-refractivity contribution in [1.82, 2.24) is 4.98 Å². The number of halogens is 2. The summed E-state index contributed by atoms with van der Waals surface area (Å²) in [6.45, 7) is 8.20. The number of aromatic nitrogens is 1. The van der Waals surface area contributed by atoms with E-state index in [0.29, 0.717) is 4.67 Å². The van der Waals surface area contributed by atoms with Gasteiger partial charge in [-0.15, -0.1) is 0 Å². The highest BCUT2D eigenvalue weighted by molar-refractivity contribution is 9.11. The highest BCUT2D eigenvalue weighted by Gasteiger charge is 2.31. The predicted octanol–water partition coefficient (Wildman–Crippen LogP) is 6.60. The molecule has 0 fully saturated rings. The third-order valence-corrected chi connectivity index (χ3v) is 5.16. The van der Waals surface area contributed by atoms with Gasteiger partial charge in [-0.2, -0.15) is 0 Å². The number of hydrogen-bond acceptors (Lipinski definition) is 2. The molecule has 1 atom stereocenters. The van der Waals surface area contributed by atoms with Crippen LogP contribution in [-0.2, 0) is 16.8 Å². The lowest BCUT2D eigenvalue weighted by Gasteiger charge is -2.33. The maximum Gasteiger partial charge on any atom is 0.168 e. The van der Waals surface area contributed by atoms with E-state index in [1.54, 1.807) is 12.3 Å². The van der Waals surface area contributed by atoms with Gasteiger partial charge in [0, 0.05) is 11.8 Å². The third-order valence-electron chi connectivity index (χ3n) is 4.40. The predicted molar refractivity (Wildman–Crippen MR) is 105 cm³/mol. The van der Waals surface area contributed by atoms with E-state index >= 15 is 0 Å². The fraction of sp³-hybridized carbons (Fsp3) is 0.381. The molecule has 2 nitrogen and oxygen atoms in total. The van der Waals surface area contributed by atoms with E-state index in [1.807, 2.05) is 38.1 Å². The smallest absolute Gasteiger partial charge is 0.168 e. The van der Waals surface area contributed by atoms with E-state index < -0.39 is 5.60 Å². The number of allylic oxidation sites excluding steroid dienone is 1. The van der Waals surface area contributed by atoms with Gasteiger partial charge in [-0.05, 0) is 78.0 Å². The molecular weight excluding hydrogens is 381 g/mol. The Labute approximate surface area is 158 Å². The second kappa shape index (κ2) is 8.61. The number of ether oxygens (including phenoxy) is 1. The Balaban J connectivity index is 2.43. The van der Waals surface area contributed by atoms with Crippen LogP contribution in [0, 0.1) is 5.82 Å². The van der Waals surface area contributed by atoms with E-state index in [-0.39, 0.29) is 5.82 Å². The Kier molecular flexibility index (Phi) is 6.77. The molecule has 0 N–H and O–H groups in total. The molecular formula is C21H25BrFNO. The molecule has 1 heterocycles. The molecule has 2 aromatic rings. The summed E-state index contributed by atoms with van der Waals surface area (Å²) in [6.07, 6.45) is 4.31. The Bertz CT molecular complexity index is 745. The van der Waals surface area contributed by atoms with E-state index in [0.717, 1.165) is 41.7 Å². The normalized spacial score (nSPS) is 14.6. The van der Waals surface area contributed by atoms with Gasteiger partial charge in [-0.3, -0.25) is 4.98 Å². The summed E-state index contributed by atoms with van der Waals surface area (Å²) >= 11 is 3.59. The first-order chi connectivity index (χ1) is 11.9. The zero-order chi connectivity index (χ0) is 18.4. The van der Waals surface area contributed by atoms with E-state index in [4.69, 9.17) is 4.74 Å². The van der Waals surface area contributed by atoms with Gasteiger partial charge in [-0.25, -0.2) is 4.39 Å². The first kappa shape index (κ1) is 19.6. The maximum absolute atomic E-state index is 13.7. The molecule has 25 heavy (non-hydrogen) atoms. The van der Waals surface area contributed by atoms with Crippen LogP contribution in [0.25, 0.3) is 5.57 Å². The summed E-state index contributed by atoms with van der Waals surface area (Å²) in [5.74, 6) is -0.210. The van der Waals surface area contributed by atoms with Crippen molar-refractivity contribution in [2.45, 2.75) is 52.6 Å². The molecule has 1 aromatic carbocycles. The molecule has 0 aliphatic carbocycles. The van der Waals surface area contributed by atoms with Gasteiger partial charge in [0.25, 0.3) is 0 Å². The fourth-order valence-electron chi connectivity index (χ4n) is 3.05. The largest absolute Gasteiger partial charge is 0.476 e. The maximum atomic E-state index is 13.7. The summed E-state index contributed by atoms with van der Waals surface area (Å²) in [5, 5.41) is 0. The van der Waals surface area contributed by atoms with Crippen molar-refractivity contribution in [2.75, 3.05) is 0 Å². The summed E-state index contributed by atoms with van der Waals surface area (Å²) < 4.78 is 20.7. The Hall–Kier alpha value is -1.68. The van der Waals surface area contributed by atoms with Crippen molar-refractivity contribution in [1.29, 1.82) is 0 Å². The molecule has 1 aromatic heterocycles. The van der Waals surface area contributed by atoms with Crippen LogP contribution < -0.4 is 0 Å². The van der Waals surface area contributed by atoms with Crippen LogP contribution in [-0.4, -0.2) is 4.98 Å². The average molecular weight is 406 g/mol. The first-order valence-electron chi connectivity index (χ1n) is 8.67. The molecule has 0 aliphatic rings. The number of aryl methyl sites for hydroxylation is 1. The molecule has 2 rings (SSSR count). The molecule has 0 bridgehead atoms. The lowest BCUT2D eigenvalue weighted by atomic mass is 9.86. The second-order valence-corrected chi connectivity index (χ2v) is 7.07. The van der Waals surface area contributed by atoms with Crippen LogP contribution in [0.2, 0.25) is 0 Å². The number of nitrogens with zero attached hydrogens (tertiary/aromatic N) is 1. The molecule has 0 radical (unpaired) electrons. The number of rotatable bonds is 7. The van der Waals surface area contributed by atoms with Gasteiger partial charge in [0.1, 0.15) is 11.4 Å². The highest BCUT2D eigenvalue weighted by atomic mass is 79.9. The lowest BCUT2D eigenvalue weighted by Crippen LogP contribution is -2.26. The Morgan fingerprint density at radius 3 is 2.60 bits per heavy atom. The van der Waals surface area contributed by atoms with Crippen molar-refractivity contribution in [3.8, 4) is 0 Å². The first-order valence-corrected chi connectivity index (χ1v) is 9.46. The van der Waals surface area contributed by atoms with Crippen LogP contribution >= 0.6 is 15.9 Å². The van der Waals surface area contributed by atoms with Crippen molar-refractivity contribution in [3.05, 3.63) is 69.9 Å². The van der Waals surface area contributed by atoms with Gasteiger partial charge in [0.2, 0.25) is 0 Å². The minimum absolute atomic E-state index is 0.210. The average Bonchev–Trinajstić information content (AvgIpc) is 2.61. The van der Waals surface area contributed by atoms with Gasteiger partial charge >= 0.3 is 0 Å². The van der Waals surface area contributed by atoms with Crippen molar-refractivity contribution in [3.63, 3.8) is 0 Å². The van der Waals surface area contributed by atoms with Gasteiger partial charge in [0.15, 0.2) is 4.67 Å². The van der Waals surface area contributed by atoms with E-state index in [9.17, 15) is 4.39 Å². The zero-order valence-electron chi connectivity index (χ0n) is 15.3. The van der Waals surface area contributed by atoms with Crippen LogP contribution in [0.1, 0.15) is 57.4 Å². The zero-order valence-corrected chi connectivity index (χ0v) is 16.9. The molecule has 0 spiro atoms. The monoisotopic (exact) mass is 405 g/mol. The van der Waals surface area contributed by atoms with Gasteiger partial charge in [-0.1, -0.05) is 32.4 Å². The van der Waals surface area contributed by atoms with Crippen molar-refractivity contribution >= 4 is 21.5 Å². The molecule has 0 aliphatic heterocycles. The molecule has 134 valence electrons.